The first-order chi connectivity index (χ1) is 10.6. The molecule has 1 aliphatic heterocycles. The number of nitrogens with zero attached hydrogens (tertiary/aromatic N) is 2. The zero-order chi connectivity index (χ0) is 15.9. The van der Waals surface area contributed by atoms with Gasteiger partial charge in [-0.25, -0.2) is 0 Å². The van der Waals surface area contributed by atoms with Crippen LogP contribution in [0.15, 0.2) is 0 Å². The molecule has 0 bridgehead atoms. The zero-order valence-corrected chi connectivity index (χ0v) is 13.7. The smallest absolute Gasteiger partial charge is 0.239 e. The predicted octanol–water partition coefficient (Wildman–Crippen LogP) is 0.174. The van der Waals surface area contributed by atoms with E-state index in [1.807, 2.05) is 4.90 Å². The molecule has 0 aromatic heterocycles. The van der Waals surface area contributed by atoms with Gasteiger partial charge in [-0.2, -0.15) is 0 Å². The Kier molecular flexibility index (Phi) is 6.64. The van der Waals surface area contributed by atoms with Crippen LogP contribution >= 0.6 is 0 Å². The van der Waals surface area contributed by atoms with Gasteiger partial charge in [0.1, 0.15) is 0 Å². The Morgan fingerprint density at radius 1 is 1.14 bits per heavy atom. The fourth-order valence-corrected chi connectivity index (χ4v) is 3.53. The van der Waals surface area contributed by atoms with Gasteiger partial charge >= 0.3 is 0 Å². The summed E-state index contributed by atoms with van der Waals surface area (Å²) in [7, 11) is 1.65. The number of hydrogen-bond acceptors (Lipinski definition) is 4. The minimum Gasteiger partial charge on any atom is -0.358 e. The van der Waals surface area contributed by atoms with Gasteiger partial charge in [-0.3, -0.25) is 14.5 Å². The van der Waals surface area contributed by atoms with E-state index in [2.05, 4.69) is 10.2 Å². The summed E-state index contributed by atoms with van der Waals surface area (Å²) in [6.07, 6.45) is 7.17. The molecule has 1 saturated carbocycles. The Labute approximate surface area is 133 Å². The molecule has 0 aromatic carbocycles. The van der Waals surface area contributed by atoms with Crippen molar-refractivity contribution in [3.8, 4) is 0 Å². The van der Waals surface area contributed by atoms with Crippen LogP contribution in [0.2, 0.25) is 0 Å². The molecule has 2 fully saturated rings. The first-order valence-electron chi connectivity index (χ1n) is 8.57. The lowest BCUT2D eigenvalue weighted by atomic mass is 9.84. The van der Waals surface area contributed by atoms with Gasteiger partial charge in [0.25, 0.3) is 0 Å². The molecule has 1 unspecified atom stereocenters. The largest absolute Gasteiger partial charge is 0.358 e. The summed E-state index contributed by atoms with van der Waals surface area (Å²) in [5.41, 5.74) is 6.15. The Balaban J connectivity index is 1.72. The minimum absolute atomic E-state index is 0.0220. The summed E-state index contributed by atoms with van der Waals surface area (Å²) in [5.74, 6) is 0.737. The lowest BCUT2D eigenvalue weighted by Crippen LogP contribution is -2.54. The van der Waals surface area contributed by atoms with Gasteiger partial charge in [0.15, 0.2) is 0 Å². The van der Waals surface area contributed by atoms with Crippen LogP contribution in [-0.2, 0) is 9.59 Å². The topological polar surface area (TPSA) is 78.7 Å². The van der Waals surface area contributed by atoms with Crippen molar-refractivity contribution in [2.45, 2.75) is 44.6 Å². The van der Waals surface area contributed by atoms with Gasteiger partial charge in [0.2, 0.25) is 11.8 Å². The van der Waals surface area contributed by atoms with E-state index in [-0.39, 0.29) is 17.9 Å². The van der Waals surface area contributed by atoms with E-state index < -0.39 is 0 Å². The zero-order valence-electron chi connectivity index (χ0n) is 13.7. The van der Waals surface area contributed by atoms with Crippen molar-refractivity contribution in [3.63, 3.8) is 0 Å². The minimum atomic E-state index is -0.353. The average molecular weight is 310 g/mol. The van der Waals surface area contributed by atoms with Crippen molar-refractivity contribution in [1.82, 2.24) is 15.1 Å². The van der Waals surface area contributed by atoms with E-state index in [0.29, 0.717) is 25.6 Å². The SMILES string of the molecule is CNC(=O)CN1CCN(C(=O)C(N)CC2CCCCC2)CC1. The number of piperazine rings is 1. The number of nitrogens with two attached hydrogens (primary N) is 1. The first kappa shape index (κ1) is 17.2. The third-order valence-corrected chi connectivity index (χ3v) is 4.96. The van der Waals surface area contributed by atoms with Crippen LogP contribution in [0.1, 0.15) is 38.5 Å². The molecule has 2 aliphatic rings. The van der Waals surface area contributed by atoms with E-state index in [9.17, 15) is 9.59 Å². The second kappa shape index (κ2) is 8.48. The molecule has 0 spiro atoms. The molecule has 2 amide bonds. The van der Waals surface area contributed by atoms with Crippen LogP contribution < -0.4 is 11.1 Å². The molecular formula is C16H30N4O2. The molecule has 3 N–H and O–H groups in total. The van der Waals surface area contributed by atoms with Crippen molar-refractivity contribution in [2.24, 2.45) is 11.7 Å². The highest BCUT2D eigenvalue weighted by atomic mass is 16.2. The van der Waals surface area contributed by atoms with E-state index in [1.165, 1.54) is 32.1 Å². The summed E-state index contributed by atoms with van der Waals surface area (Å²) in [5, 5.41) is 2.63. The van der Waals surface area contributed by atoms with E-state index >= 15 is 0 Å². The van der Waals surface area contributed by atoms with Gasteiger partial charge in [-0.15, -0.1) is 0 Å². The Morgan fingerprint density at radius 2 is 1.77 bits per heavy atom. The van der Waals surface area contributed by atoms with Crippen molar-refractivity contribution in [2.75, 3.05) is 39.8 Å². The normalized spacial score (nSPS) is 22.4. The molecule has 6 nitrogen and oxygen atoms in total. The molecular weight excluding hydrogens is 280 g/mol. The maximum Gasteiger partial charge on any atom is 0.239 e. The summed E-state index contributed by atoms with van der Waals surface area (Å²) in [6, 6.07) is -0.353. The van der Waals surface area contributed by atoms with Gasteiger partial charge in [-0.05, 0) is 12.3 Å². The van der Waals surface area contributed by atoms with Gasteiger partial charge in [0, 0.05) is 33.2 Å². The Bertz CT molecular complexity index is 374. The molecule has 2 rings (SSSR count). The van der Waals surface area contributed by atoms with E-state index in [0.717, 1.165) is 19.5 Å². The lowest BCUT2D eigenvalue weighted by Gasteiger charge is -2.36. The van der Waals surface area contributed by atoms with Gasteiger partial charge in [0.05, 0.1) is 12.6 Å². The van der Waals surface area contributed by atoms with Crippen LogP contribution in [0.5, 0.6) is 0 Å². The maximum atomic E-state index is 12.5. The van der Waals surface area contributed by atoms with Gasteiger partial charge in [-0.1, -0.05) is 32.1 Å². The molecule has 6 heteroatoms. The fraction of sp³-hybridized carbons (Fsp3) is 0.875. The number of hydrogen-bond donors (Lipinski definition) is 2. The molecule has 1 atom stereocenters. The standard InChI is InChI=1S/C16H30N4O2/c1-18-15(21)12-19-7-9-20(10-8-19)16(22)14(17)11-13-5-3-2-4-6-13/h13-14H,2-12,17H2,1H3,(H,18,21). The summed E-state index contributed by atoms with van der Waals surface area (Å²) in [4.78, 5) is 27.8. The number of nitrogens with one attached hydrogen (secondary N) is 1. The number of amides is 2. The van der Waals surface area contributed by atoms with Crippen LogP contribution in [0, 0.1) is 5.92 Å². The summed E-state index contributed by atoms with van der Waals surface area (Å²) in [6.45, 7) is 3.25. The Morgan fingerprint density at radius 3 is 2.36 bits per heavy atom. The second-order valence-corrected chi connectivity index (χ2v) is 6.62. The van der Waals surface area contributed by atoms with E-state index in [4.69, 9.17) is 5.73 Å². The third kappa shape index (κ3) is 4.95. The number of likely N-dealkylation sites (N-methyl/N-ethyl adjacent to an activating group) is 1. The number of rotatable bonds is 5. The van der Waals surface area contributed by atoms with Crippen LogP contribution in [0.3, 0.4) is 0 Å². The van der Waals surface area contributed by atoms with Crippen LogP contribution in [-0.4, -0.2) is 67.4 Å². The lowest BCUT2D eigenvalue weighted by molar-refractivity contribution is -0.135. The summed E-state index contributed by atoms with van der Waals surface area (Å²) >= 11 is 0. The van der Waals surface area contributed by atoms with Crippen molar-refractivity contribution in [1.29, 1.82) is 0 Å². The molecule has 126 valence electrons. The molecule has 0 radical (unpaired) electrons. The van der Waals surface area contributed by atoms with Crippen molar-refractivity contribution in [3.05, 3.63) is 0 Å². The summed E-state index contributed by atoms with van der Waals surface area (Å²) < 4.78 is 0. The maximum absolute atomic E-state index is 12.5. The molecule has 0 aromatic rings. The second-order valence-electron chi connectivity index (χ2n) is 6.62. The molecule has 22 heavy (non-hydrogen) atoms. The van der Waals surface area contributed by atoms with Crippen molar-refractivity contribution >= 4 is 11.8 Å². The Hall–Kier alpha value is -1.14. The quantitative estimate of drug-likeness (QED) is 0.759. The molecule has 1 aliphatic carbocycles. The highest BCUT2D eigenvalue weighted by Gasteiger charge is 2.28. The first-order valence-corrected chi connectivity index (χ1v) is 8.57. The molecule has 1 heterocycles. The monoisotopic (exact) mass is 310 g/mol. The van der Waals surface area contributed by atoms with E-state index in [1.54, 1.807) is 7.05 Å². The van der Waals surface area contributed by atoms with Crippen LogP contribution in [0.4, 0.5) is 0 Å². The average Bonchev–Trinajstić information content (AvgIpc) is 2.55. The van der Waals surface area contributed by atoms with Crippen molar-refractivity contribution < 1.29 is 9.59 Å². The fourth-order valence-electron chi connectivity index (χ4n) is 3.53. The third-order valence-electron chi connectivity index (χ3n) is 4.96. The molecule has 1 saturated heterocycles. The van der Waals surface area contributed by atoms with Crippen LogP contribution in [0.25, 0.3) is 0 Å². The highest BCUT2D eigenvalue weighted by molar-refractivity contribution is 5.82. The highest BCUT2D eigenvalue weighted by Crippen LogP contribution is 2.27. The number of carbonyl (C=O) groups excluding carboxylic acids is 2. The predicted molar refractivity (Wildman–Crippen MR) is 86.3 cm³/mol. The van der Waals surface area contributed by atoms with Gasteiger partial charge < -0.3 is 16.0 Å². The number of carbonyl (C=O) groups is 2.